The summed E-state index contributed by atoms with van der Waals surface area (Å²) < 4.78 is 33.6. The number of amides is 1. The number of carbonyl (C=O) groups excluding carboxylic acids is 1. The topological polar surface area (TPSA) is 84.5 Å². The van der Waals surface area contributed by atoms with Crippen LogP contribution >= 0.6 is 0 Å². The minimum atomic E-state index is -3.87. The third-order valence-electron chi connectivity index (χ3n) is 4.34. The Morgan fingerprint density at radius 3 is 2.25 bits per heavy atom. The normalized spacial score (nSPS) is 13.5. The molecule has 1 amide bonds. The molecule has 0 bridgehead atoms. The van der Waals surface area contributed by atoms with E-state index in [9.17, 15) is 13.2 Å². The second-order valence-corrected chi connectivity index (χ2v) is 8.30. The minimum Gasteiger partial charge on any atom is -0.494 e. The van der Waals surface area contributed by atoms with Gasteiger partial charge in [-0.25, -0.2) is 8.42 Å². The quantitative estimate of drug-likeness (QED) is 0.638. The molecule has 7 heteroatoms. The molecule has 152 valence electrons. The van der Waals surface area contributed by atoms with Crippen molar-refractivity contribution in [2.24, 2.45) is 0 Å². The van der Waals surface area contributed by atoms with E-state index in [1.165, 1.54) is 12.1 Å². The standard InChI is InChI=1S/C21H28N2O4S/c1-4-16(3)22-21(24)20(15-17-9-7-6-8-10-17)23-28(25,26)19-13-11-18(12-14-19)27-5-2/h6-14,16,20,23H,4-5,15H2,1-3H3,(H,22,24)/t16-,20-/m1/s1. The van der Waals surface area contributed by atoms with E-state index in [0.29, 0.717) is 12.4 Å². The summed E-state index contributed by atoms with van der Waals surface area (Å²) in [6, 6.07) is 14.5. The monoisotopic (exact) mass is 404 g/mol. The second kappa shape index (κ2) is 10.2. The summed E-state index contributed by atoms with van der Waals surface area (Å²) in [6.45, 7) is 6.20. The van der Waals surface area contributed by atoms with Gasteiger partial charge in [0.2, 0.25) is 15.9 Å². The Morgan fingerprint density at radius 1 is 1.04 bits per heavy atom. The van der Waals surface area contributed by atoms with Gasteiger partial charge in [0, 0.05) is 6.04 Å². The number of hydrogen-bond acceptors (Lipinski definition) is 4. The van der Waals surface area contributed by atoms with E-state index in [1.807, 2.05) is 51.1 Å². The number of rotatable bonds is 10. The lowest BCUT2D eigenvalue weighted by atomic mass is 10.1. The van der Waals surface area contributed by atoms with Crippen LogP contribution in [-0.4, -0.2) is 33.0 Å². The molecular weight excluding hydrogens is 376 g/mol. The van der Waals surface area contributed by atoms with Crippen LogP contribution in [0.4, 0.5) is 0 Å². The van der Waals surface area contributed by atoms with Gasteiger partial charge in [-0.15, -0.1) is 0 Å². The van der Waals surface area contributed by atoms with Gasteiger partial charge in [-0.3, -0.25) is 4.79 Å². The van der Waals surface area contributed by atoms with E-state index in [4.69, 9.17) is 4.74 Å². The van der Waals surface area contributed by atoms with E-state index in [2.05, 4.69) is 10.0 Å². The summed E-state index contributed by atoms with van der Waals surface area (Å²) in [5.74, 6) is 0.254. The van der Waals surface area contributed by atoms with Gasteiger partial charge in [-0.1, -0.05) is 37.3 Å². The number of carbonyl (C=O) groups is 1. The Labute approximate surface area is 167 Å². The van der Waals surface area contributed by atoms with Crippen LogP contribution in [-0.2, 0) is 21.2 Å². The van der Waals surface area contributed by atoms with Crippen molar-refractivity contribution in [3.63, 3.8) is 0 Å². The first kappa shape index (κ1) is 21.9. The highest BCUT2D eigenvalue weighted by Crippen LogP contribution is 2.17. The molecule has 0 aliphatic heterocycles. The Kier molecular flexibility index (Phi) is 8.02. The van der Waals surface area contributed by atoms with Crippen LogP contribution in [0.3, 0.4) is 0 Å². The van der Waals surface area contributed by atoms with Crippen LogP contribution in [0.2, 0.25) is 0 Å². The maximum Gasteiger partial charge on any atom is 0.241 e. The van der Waals surface area contributed by atoms with Crippen molar-refractivity contribution >= 4 is 15.9 Å². The Hall–Kier alpha value is -2.38. The fourth-order valence-electron chi connectivity index (χ4n) is 2.62. The third kappa shape index (κ3) is 6.35. The van der Waals surface area contributed by atoms with Crippen molar-refractivity contribution in [1.82, 2.24) is 10.0 Å². The highest BCUT2D eigenvalue weighted by atomic mass is 32.2. The number of nitrogens with one attached hydrogen (secondary N) is 2. The molecule has 2 rings (SSSR count). The summed E-state index contributed by atoms with van der Waals surface area (Å²) in [5.41, 5.74) is 0.876. The number of hydrogen-bond donors (Lipinski definition) is 2. The van der Waals surface area contributed by atoms with Gasteiger partial charge < -0.3 is 10.1 Å². The zero-order valence-corrected chi connectivity index (χ0v) is 17.3. The van der Waals surface area contributed by atoms with E-state index in [0.717, 1.165) is 12.0 Å². The van der Waals surface area contributed by atoms with Crippen LogP contribution in [0.15, 0.2) is 59.5 Å². The van der Waals surface area contributed by atoms with Crippen molar-refractivity contribution in [3.05, 3.63) is 60.2 Å². The smallest absolute Gasteiger partial charge is 0.241 e. The zero-order valence-electron chi connectivity index (χ0n) is 16.5. The summed E-state index contributed by atoms with van der Waals surface area (Å²) >= 11 is 0. The van der Waals surface area contributed by atoms with Crippen molar-refractivity contribution in [2.75, 3.05) is 6.61 Å². The predicted molar refractivity (Wildman–Crippen MR) is 110 cm³/mol. The van der Waals surface area contributed by atoms with Crippen LogP contribution in [0.25, 0.3) is 0 Å². The zero-order chi connectivity index (χ0) is 20.6. The molecule has 2 aromatic carbocycles. The molecule has 0 aliphatic rings. The molecule has 0 radical (unpaired) electrons. The molecule has 0 aliphatic carbocycles. The van der Waals surface area contributed by atoms with Crippen LogP contribution in [0.5, 0.6) is 5.75 Å². The fraction of sp³-hybridized carbons (Fsp3) is 0.381. The van der Waals surface area contributed by atoms with E-state index >= 15 is 0 Å². The molecule has 28 heavy (non-hydrogen) atoms. The number of sulfonamides is 1. The molecule has 0 heterocycles. The third-order valence-corrected chi connectivity index (χ3v) is 5.83. The first-order valence-electron chi connectivity index (χ1n) is 9.45. The molecule has 6 nitrogen and oxygen atoms in total. The van der Waals surface area contributed by atoms with E-state index in [1.54, 1.807) is 12.1 Å². The van der Waals surface area contributed by atoms with Crippen molar-refractivity contribution in [3.8, 4) is 5.75 Å². The average Bonchev–Trinajstić information content (AvgIpc) is 2.68. The van der Waals surface area contributed by atoms with Gasteiger partial charge >= 0.3 is 0 Å². The highest BCUT2D eigenvalue weighted by molar-refractivity contribution is 7.89. The lowest BCUT2D eigenvalue weighted by molar-refractivity contribution is -0.123. The van der Waals surface area contributed by atoms with Crippen molar-refractivity contribution in [1.29, 1.82) is 0 Å². The number of benzene rings is 2. The molecule has 0 spiro atoms. The molecule has 0 unspecified atom stereocenters. The fourth-order valence-corrected chi connectivity index (χ4v) is 3.82. The molecule has 2 aromatic rings. The molecule has 0 saturated heterocycles. The summed E-state index contributed by atoms with van der Waals surface area (Å²) in [4.78, 5) is 12.8. The lowest BCUT2D eigenvalue weighted by Gasteiger charge is -2.21. The van der Waals surface area contributed by atoms with Gasteiger partial charge in [-0.05, 0) is 56.5 Å². The second-order valence-electron chi connectivity index (χ2n) is 6.59. The predicted octanol–water partition coefficient (Wildman–Crippen LogP) is 2.89. The lowest BCUT2D eigenvalue weighted by Crippen LogP contribution is -2.50. The van der Waals surface area contributed by atoms with Crippen LogP contribution in [0.1, 0.15) is 32.8 Å². The Morgan fingerprint density at radius 2 is 1.68 bits per heavy atom. The maximum absolute atomic E-state index is 12.8. The summed E-state index contributed by atoms with van der Waals surface area (Å²) in [6.07, 6.45) is 1.02. The number of ether oxygens (including phenoxy) is 1. The molecule has 2 atom stereocenters. The molecule has 0 saturated carbocycles. The first-order chi connectivity index (χ1) is 13.4. The van der Waals surface area contributed by atoms with Gasteiger partial charge in [0.25, 0.3) is 0 Å². The maximum atomic E-state index is 12.8. The largest absolute Gasteiger partial charge is 0.494 e. The Balaban J connectivity index is 2.22. The summed E-state index contributed by atoms with van der Waals surface area (Å²) in [5, 5.41) is 2.86. The van der Waals surface area contributed by atoms with Gasteiger partial charge in [0.15, 0.2) is 0 Å². The minimum absolute atomic E-state index is 0.0410. The van der Waals surface area contributed by atoms with Crippen LogP contribution in [0, 0.1) is 0 Å². The summed E-state index contributed by atoms with van der Waals surface area (Å²) in [7, 11) is -3.87. The molecule has 0 aromatic heterocycles. The SMILES string of the molecule is CCOc1ccc(S(=O)(=O)N[C@H](Cc2ccccc2)C(=O)N[C@H](C)CC)cc1. The van der Waals surface area contributed by atoms with Gasteiger partial charge in [-0.2, -0.15) is 4.72 Å². The van der Waals surface area contributed by atoms with E-state index < -0.39 is 16.1 Å². The highest BCUT2D eigenvalue weighted by Gasteiger charge is 2.26. The molecular formula is C21H28N2O4S. The first-order valence-corrected chi connectivity index (χ1v) is 10.9. The van der Waals surface area contributed by atoms with Gasteiger partial charge in [0.1, 0.15) is 11.8 Å². The average molecular weight is 405 g/mol. The van der Waals surface area contributed by atoms with E-state index in [-0.39, 0.29) is 23.3 Å². The van der Waals surface area contributed by atoms with Crippen LogP contribution < -0.4 is 14.8 Å². The Bertz CT molecular complexity index is 852. The van der Waals surface area contributed by atoms with Crippen molar-refractivity contribution < 1.29 is 17.9 Å². The molecule has 2 N–H and O–H groups in total. The molecule has 0 fully saturated rings. The van der Waals surface area contributed by atoms with Gasteiger partial charge in [0.05, 0.1) is 11.5 Å². The van der Waals surface area contributed by atoms with Crippen molar-refractivity contribution in [2.45, 2.75) is 50.6 Å².